The molecule has 0 saturated carbocycles. The van der Waals surface area contributed by atoms with Gasteiger partial charge in [0.05, 0.1) is 36.9 Å². The van der Waals surface area contributed by atoms with E-state index < -0.39 is 23.7 Å². The largest absolute Gasteiger partial charge is 0.497 e. The zero-order valence-electron chi connectivity index (χ0n) is 24.1. The van der Waals surface area contributed by atoms with Crippen LogP contribution in [0, 0.1) is 0 Å². The summed E-state index contributed by atoms with van der Waals surface area (Å²) < 4.78 is 12.6. The third-order valence-electron chi connectivity index (χ3n) is 7.69. The number of amides is 1. The number of aromatic nitrogens is 6. The zero-order valence-corrected chi connectivity index (χ0v) is 24.1. The summed E-state index contributed by atoms with van der Waals surface area (Å²) in [4.78, 5) is 43.9. The molecule has 0 spiro atoms. The molecule has 0 aliphatic carbocycles. The van der Waals surface area contributed by atoms with E-state index in [9.17, 15) is 14.7 Å². The van der Waals surface area contributed by atoms with Gasteiger partial charge in [0.1, 0.15) is 23.5 Å². The Labute approximate surface area is 256 Å². The third kappa shape index (κ3) is 5.46. The molecule has 2 atom stereocenters. The van der Waals surface area contributed by atoms with Crippen molar-refractivity contribution in [3.63, 3.8) is 0 Å². The van der Waals surface area contributed by atoms with Gasteiger partial charge in [0, 0.05) is 42.8 Å². The van der Waals surface area contributed by atoms with Crippen molar-refractivity contribution in [2.45, 2.75) is 18.8 Å². The summed E-state index contributed by atoms with van der Waals surface area (Å²) in [6, 6.07) is 18.3. The fourth-order valence-electron chi connectivity index (χ4n) is 5.34. The van der Waals surface area contributed by atoms with Gasteiger partial charge in [-0.15, -0.1) is 5.10 Å². The van der Waals surface area contributed by atoms with Crippen molar-refractivity contribution in [3.8, 4) is 11.4 Å². The molecule has 1 saturated heterocycles. The Bertz CT molecular complexity index is 2060. The van der Waals surface area contributed by atoms with Gasteiger partial charge in [0.2, 0.25) is 0 Å². The Kier molecular flexibility index (Phi) is 7.37. The number of aliphatic hydroxyl groups excluding tert-OH is 1. The number of fused-ring (bicyclic) bond motifs is 2. The SMILES string of the molecule is COc1ccc(CNc2nccc3cc4nc([C@H](O)[C@H]5OCCN(c6ccn(-c7ccncc7)n6)C5=O)[nH]c(=O)c4cc23)cc1. The van der Waals surface area contributed by atoms with Crippen LogP contribution in [0.4, 0.5) is 11.6 Å². The number of H-pyrrole nitrogens is 1. The molecular formula is C32H28N8O5. The van der Waals surface area contributed by atoms with Gasteiger partial charge in [-0.05, 0) is 53.4 Å². The van der Waals surface area contributed by atoms with E-state index in [2.05, 4.69) is 30.4 Å². The van der Waals surface area contributed by atoms with E-state index in [1.165, 1.54) is 4.90 Å². The van der Waals surface area contributed by atoms with Crippen molar-refractivity contribution < 1.29 is 19.4 Å². The lowest BCUT2D eigenvalue weighted by atomic mass is 10.1. The Morgan fingerprint density at radius 1 is 1.07 bits per heavy atom. The molecule has 1 fully saturated rings. The van der Waals surface area contributed by atoms with Crippen LogP contribution in [0.2, 0.25) is 0 Å². The molecule has 3 N–H and O–H groups in total. The first-order valence-electron chi connectivity index (χ1n) is 14.2. The second kappa shape index (κ2) is 11.8. The number of hydrogen-bond acceptors (Lipinski definition) is 10. The lowest BCUT2D eigenvalue weighted by Crippen LogP contribution is -2.50. The first-order valence-corrected chi connectivity index (χ1v) is 14.2. The Morgan fingerprint density at radius 2 is 1.89 bits per heavy atom. The van der Waals surface area contributed by atoms with Crippen LogP contribution < -0.4 is 20.5 Å². The molecule has 45 heavy (non-hydrogen) atoms. The van der Waals surface area contributed by atoms with E-state index in [1.54, 1.807) is 66.9 Å². The molecule has 13 heteroatoms. The number of nitrogens with one attached hydrogen (secondary N) is 2. The lowest BCUT2D eigenvalue weighted by molar-refractivity contribution is -0.143. The molecule has 4 aromatic heterocycles. The van der Waals surface area contributed by atoms with Crippen LogP contribution in [0.5, 0.6) is 5.75 Å². The molecule has 2 aromatic carbocycles. The topological polar surface area (TPSA) is 160 Å². The van der Waals surface area contributed by atoms with Gasteiger partial charge in [0.25, 0.3) is 11.5 Å². The normalized spacial score (nSPS) is 15.8. The van der Waals surface area contributed by atoms with Crippen molar-refractivity contribution in [1.29, 1.82) is 0 Å². The molecule has 13 nitrogen and oxygen atoms in total. The first kappa shape index (κ1) is 28.1. The highest BCUT2D eigenvalue weighted by Crippen LogP contribution is 2.28. The molecule has 5 heterocycles. The molecule has 7 rings (SSSR count). The zero-order chi connectivity index (χ0) is 30.9. The average molecular weight is 605 g/mol. The predicted octanol–water partition coefficient (Wildman–Crippen LogP) is 3.14. The number of anilines is 2. The van der Waals surface area contributed by atoms with Gasteiger partial charge >= 0.3 is 0 Å². The van der Waals surface area contributed by atoms with E-state index in [-0.39, 0.29) is 19.0 Å². The highest BCUT2D eigenvalue weighted by atomic mass is 16.5. The Morgan fingerprint density at radius 3 is 2.69 bits per heavy atom. The standard InChI is InChI=1S/C32H28N8O5/c1-44-22-4-2-19(3-5-22)18-35-29-23-17-24-25(16-20(23)6-12-34-29)36-30(37-31(24)42)27(41)28-32(43)39(14-15-45-28)26-9-13-40(38-26)21-7-10-33-11-8-21/h2-13,16-17,27-28,41H,14-15,18H2,1H3,(H,34,35)(H,36,37,42)/t27-,28-/m1/s1. The van der Waals surface area contributed by atoms with E-state index in [1.807, 2.05) is 30.3 Å². The summed E-state index contributed by atoms with van der Waals surface area (Å²) in [6.07, 6.45) is 3.91. The monoisotopic (exact) mass is 604 g/mol. The quantitative estimate of drug-likeness (QED) is 0.220. The first-order chi connectivity index (χ1) is 22.0. The van der Waals surface area contributed by atoms with Crippen LogP contribution in [0.3, 0.4) is 0 Å². The predicted molar refractivity (Wildman–Crippen MR) is 166 cm³/mol. The van der Waals surface area contributed by atoms with Crippen molar-refractivity contribution >= 4 is 39.2 Å². The maximum atomic E-state index is 13.5. The minimum absolute atomic E-state index is 0.0683. The summed E-state index contributed by atoms with van der Waals surface area (Å²) in [5.74, 6) is 1.24. The van der Waals surface area contributed by atoms with Gasteiger partial charge in [-0.1, -0.05) is 12.1 Å². The molecule has 0 unspecified atom stereocenters. The lowest BCUT2D eigenvalue weighted by Gasteiger charge is -2.32. The van der Waals surface area contributed by atoms with Crippen LogP contribution in [-0.2, 0) is 16.1 Å². The molecule has 6 aromatic rings. The van der Waals surface area contributed by atoms with Crippen LogP contribution in [0.15, 0.2) is 90.2 Å². The molecule has 1 aliphatic rings. The van der Waals surface area contributed by atoms with Crippen LogP contribution in [-0.4, -0.2) is 67.1 Å². The van der Waals surface area contributed by atoms with Crippen LogP contribution >= 0.6 is 0 Å². The number of carbonyl (C=O) groups is 1. The fraction of sp³-hybridized carbons (Fsp3) is 0.188. The molecular weight excluding hydrogens is 576 g/mol. The minimum atomic E-state index is -1.52. The second-order valence-electron chi connectivity index (χ2n) is 10.5. The summed E-state index contributed by atoms with van der Waals surface area (Å²) in [6.45, 7) is 0.938. The van der Waals surface area contributed by atoms with Crippen molar-refractivity contribution in [3.05, 3.63) is 107 Å². The number of nitrogens with zero attached hydrogens (tertiary/aromatic N) is 6. The maximum absolute atomic E-state index is 13.5. The maximum Gasteiger partial charge on any atom is 0.260 e. The summed E-state index contributed by atoms with van der Waals surface area (Å²) >= 11 is 0. The third-order valence-corrected chi connectivity index (χ3v) is 7.69. The Hall–Kier alpha value is -5.66. The molecule has 1 aliphatic heterocycles. The number of ether oxygens (including phenoxy) is 2. The van der Waals surface area contributed by atoms with Crippen molar-refractivity contribution in [2.24, 2.45) is 0 Å². The van der Waals surface area contributed by atoms with Gasteiger partial charge in [-0.2, -0.15) is 0 Å². The molecule has 1 amide bonds. The summed E-state index contributed by atoms with van der Waals surface area (Å²) in [7, 11) is 1.62. The van der Waals surface area contributed by atoms with Crippen molar-refractivity contribution in [2.75, 3.05) is 30.5 Å². The highest BCUT2D eigenvalue weighted by Gasteiger charge is 2.38. The number of aliphatic hydroxyl groups is 1. The summed E-state index contributed by atoms with van der Waals surface area (Å²) in [5, 5.41) is 21.0. The van der Waals surface area contributed by atoms with E-state index in [4.69, 9.17) is 9.47 Å². The van der Waals surface area contributed by atoms with Gasteiger partial charge < -0.3 is 24.9 Å². The van der Waals surface area contributed by atoms with E-state index >= 15 is 0 Å². The van der Waals surface area contributed by atoms with Gasteiger partial charge in [0.15, 0.2) is 11.9 Å². The number of carbonyl (C=O) groups excluding carboxylic acids is 1. The smallest absolute Gasteiger partial charge is 0.260 e. The Balaban J connectivity index is 1.14. The van der Waals surface area contributed by atoms with E-state index in [0.717, 1.165) is 27.8 Å². The second-order valence-corrected chi connectivity index (χ2v) is 10.5. The van der Waals surface area contributed by atoms with E-state index in [0.29, 0.717) is 29.1 Å². The number of benzene rings is 2. The molecule has 226 valence electrons. The minimum Gasteiger partial charge on any atom is -0.497 e. The number of rotatable bonds is 8. The van der Waals surface area contributed by atoms with Gasteiger partial charge in [-0.25, -0.2) is 14.6 Å². The number of hydrogen-bond donors (Lipinski definition) is 3. The number of aromatic amines is 1. The van der Waals surface area contributed by atoms with Gasteiger partial charge in [-0.3, -0.25) is 19.5 Å². The number of pyridine rings is 2. The molecule has 0 radical (unpaired) electrons. The van der Waals surface area contributed by atoms with Crippen molar-refractivity contribution in [1.82, 2.24) is 29.7 Å². The average Bonchev–Trinajstić information content (AvgIpc) is 3.57. The number of methoxy groups -OCH3 is 1. The summed E-state index contributed by atoms with van der Waals surface area (Å²) in [5.41, 5.74) is 1.73. The molecule has 0 bridgehead atoms. The highest BCUT2D eigenvalue weighted by molar-refractivity contribution is 6.01. The van der Waals surface area contributed by atoms with Crippen LogP contribution in [0.25, 0.3) is 27.4 Å². The number of morpholine rings is 1. The fourth-order valence-corrected chi connectivity index (χ4v) is 5.34. The van der Waals surface area contributed by atoms with Crippen LogP contribution in [0.1, 0.15) is 17.5 Å².